The standard InChI is InChI=1S/C12H19N3O4/c1-3-4-5-6-7-15-11(18)8(9(16)13-2)10(17)14-12(15)19/h18H,3-7H2,1-2H3,(H,13,16)(H,14,17,19). The van der Waals surface area contributed by atoms with Crippen LogP contribution in [0.25, 0.3) is 0 Å². The molecule has 7 heteroatoms. The van der Waals surface area contributed by atoms with Crippen LogP contribution in [0, 0.1) is 0 Å². The zero-order chi connectivity index (χ0) is 14.4. The molecule has 0 bridgehead atoms. The van der Waals surface area contributed by atoms with Crippen LogP contribution in [0.5, 0.6) is 5.88 Å². The minimum atomic E-state index is -0.883. The van der Waals surface area contributed by atoms with Crippen LogP contribution in [-0.4, -0.2) is 27.6 Å². The van der Waals surface area contributed by atoms with Crippen molar-refractivity contribution in [2.24, 2.45) is 0 Å². The predicted octanol–water partition coefficient (Wildman–Crippen LogP) is 0.182. The van der Waals surface area contributed by atoms with E-state index in [9.17, 15) is 19.5 Å². The maximum atomic E-state index is 11.6. The van der Waals surface area contributed by atoms with Gasteiger partial charge < -0.3 is 10.4 Å². The molecule has 0 atom stereocenters. The van der Waals surface area contributed by atoms with Gasteiger partial charge in [-0.25, -0.2) is 4.79 Å². The lowest BCUT2D eigenvalue weighted by molar-refractivity contribution is 0.0956. The fraction of sp³-hybridized carbons (Fsp3) is 0.583. The summed E-state index contributed by atoms with van der Waals surface area (Å²) < 4.78 is 1.02. The zero-order valence-corrected chi connectivity index (χ0v) is 11.2. The van der Waals surface area contributed by atoms with E-state index in [1.807, 2.05) is 4.98 Å². The van der Waals surface area contributed by atoms with Gasteiger partial charge in [0.25, 0.3) is 11.5 Å². The number of aromatic hydroxyl groups is 1. The highest BCUT2D eigenvalue weighted by Crippen LogP contribution is 2.11. The van der Waals surface area contributed by atoms with Gasteiger partial charge in [-0.05, 0) is 6.42 Å². The third-order valence-corrected chi connectivity index (χ3v) is 2.86. The largest absolute Gasteiger partial charge is 0.494 e. The van der Waals surface area contributed by atoms with Crippen molar-refractivity contribution in [3.63, 3.8) is 0 Å². The smallest absolute Gasteiger partial charge is 0.331 e. The zero-order valence-electron chi connectivity index (χ0n) is 11.2. The van der Waals surface area contributed by atoms with E-state index < -0.39 is 28.6 Å². The van der Waals surface area contributed by atoms with Gasteiger partial charge in [-0.15, -0.1) is 0 Å². The number of rotatable bonds is 6. The summed E-state index contributed by atoms with van der Waals surface area (Å²) in [5, 5.41) is 12.1. The minimum absolute atomic E-state index is 0.269. The van der Waals surface area contributed by atoms with Crippen LogP contribution in [0.2, 0.25) is 0 Å². The molecule has 1 aromatic heterocycles. The molecule has 1 rings (SSSR count). The van der Waals surface area contributed by atoms with Gasteiger partial charge in [0.1, 0.15) is 0 Å². The first-order valence-electron chi connectivity index (χ1n) is 6.31. The molecule has 0 fully saturated rings. The van der Waals surface area contributed by atoms with Gasteiger partial charge in [0, 0.05) is 13.6 Å². The van der Waals surface area contributed by atoms with Crippen molar-refractivity contribution in [1.29, 1.82) is 0 Å². The van der Waals surface area contributed by atoms with Gasteiger partial charge in [-0.1, -0.05) is 26.2 Å². The summed E-state index contributed by atoms with van der Waals surface area (Å²) in [5.74, 6) is -1.30. The van der Waals surface area contributed by atoms with E-state index in [1.165, 1.54) is 7.05 Å². The average molecular weight is 269 g/mol. The molecule has 0 spiro atoms. The Morgan fingerprint density at radius 2 is 2.00 bits per heavy atom. The molecule has 0 aliphatic heterocycles. The monoisotopic (exact) mass is 269 g/mol. The van der Waals surface area contributed by atoms with Crippen LogP contribution in [0.4, 0.5) is 0 Å². The number of carbonyl (C=O) groups is 1. The van der Waals surface area contributed by atoms with Gasteiger partial charge in [-0.2, -0.15) is 0 Å². The maximum absolute atomic E-state index is 11.6. The molecule has 0 saturated carbocycles. The van der Waals surface area contributed by atoms with Crippen molar-refractivity contribution >= 4 is 5.91 Å². The Balaban J connectivity index is 3.08. The first-order valence-corrected chi connectivity index (χ1v) is 6.31. The molecule has 7 nitrogen and oxygen atoms in total. The molecule has 19 heavy (non-hydrogen) atoms. The van der Waals surface area contributed by atoms with Crippen LogP contribution in [0.1, 0.15) is 43.0 Å². The molecular weight excluding hydrogens is 250 g/mol. The third kappa shape index (κ3) is 3.46. The van der Waals surface area contributed by atoms with Crippen molar-refractivity contribution in [3.8, 4) is 5.88 Å². The van der Waals surface area contributed by atoms with E-state index >= 15 is 0 Å². The Kier molecular flexibility index (Phi) is 5.35. The quantitative estimate of drug-likeness (QED) is 0.641. The van der Waals surface area contributed by atoms with E-state index in [4.69, 9.17) is 0 Å². The molecule has 106 valence electrons. The number of aromatic amines is 1. The third-order valence-electron chi connectivity index (χ3n) is 2.86. The van der Waals surface area contributed by atoms with E-state index in [1.54, 1.807) is 0 Å². The van der Waals surface area contributed by atoms with Crippen LogP contribution < -0.4 is 16.6 Å². The number of nitrogens with zero attached hydrogens (tertiary/aromatic N) is 1. The Bertz CT molecular complexity index is 559. The van der Waals surface area contributed by atoms with E-state index in [0.29, 0.717) is 6.42 Å². The number of carbonyl (C=O) groups excluding carboxylic acids is 1. The Labute approximate surface area is 110 Å². The summed E-state index contributed by atoms with van der Waals surface area (Å²) in [6.45, 7) is 2.33. The molecule has 1 aromatic rings. The second-order valence-corrected chi connectivity index (χ2v) is 4.25. The highest BCUT2D eigenvalue weighted by molar-refractivity contribution is 5.95. The second kappa shape index (κ2) is 6.77. The fourth-order valence-electron chi connectivity index (χ4n) is 1.79. The Hall–Kier alpha value is -2.05. The van der Waals surface area contributed by atoms with E-state index in [-0.39, 0.29) is 6.54 Å². The lowest BCUT2D eigenvalue weighted by atomic mass is 10.2. The van der Waals surface area contributed by atoms with Gasteiger partial charge in [0.05, 0.1) is 0 Å². The van der Waals surface area contributed by atoms with Gasteiger partial charge in [0.15, 0.2) is 5.56 Å². The summed E-state index contributed by atoms with van der Waals surface area (Å²) in [6.07, 6.45) is 3.69. The topological polar surface area (TPSA) is 104 Å². The SMILES string of the molecule is CCCCCCn1c(O)c(C(=O)NC)c(=O)[nH]c1=O. The number of H-pyrrole nitrogens is 1. The van der Waals surface area contributed by atoms with Gasteiger partial charge in [-0.3, -0.25) is 19.1 Å². The molecule has 0 unspecified atom stereocenters. The van der Waals surface area contributed by atoms with Gasteiger partial charge in [0.2, 0.25) is 5.88 Å². The number of amides is 1. The summed E-state index contributed by atoms with van der Waals surface area (Å²) in [5.41, 5.74) is -2.02. The molecule has 1 heterocycles. The van der Waals surface area contributed by atoms with Crippen molar-refractivity contribution in [1.82, 2.24) is 14.9 Å². The molecule has 0 aromatic carbocycles. The molecule has 0 saturated heterocycles. The Morgan fingerprint density at radius 3 is 2.58 bits per heavy atom. The molecule has 3 N–H and O–H groups in total. The first kappa shape index (κ1) is 15.0. The van der Waals surface area contributed by atoms with Crippen molar-refractivity contribution in [2.75, 3.05) is 7.05 Å². The Morgan fingerprint density at radius 1 is 1.32 bits per heavy atom. The van der Waals surface area contributed by atoms with Crippen molar-refractivity contribution in [2.45, 2.75) is 39.2 Å². The normalized spacial score (nSPS) is 10.4. The summed E-state index contributed by atoms with van der Waals surface area (Å²) >= 11 is 0. The second-order valence-electron chi connectivity index (χ2n) is 4.25. The summed E-state index contributed by atoms with van der Waals surface area (Å²) in [7, 11) is 1.35. The van der Waals surface area contributed by atoms with Crippen LogP contribution >= 0.6 is 0 Å². The highest BCUT2D eigenvalue weighted by Gasteiger charge is 2.19. The van der Waals surface area contributed by atoms with E-state index in [0.717, 1.165) is 23.8 Å². The molecule has 0 radical (unpaired) electrons. The minimum Gasteiger partial charge on any atom is -0.494 e. The first-order chi connectivity index (χ1) is 9.02. The summed E-state index contributed by atoms with van der Waals surface area (Å²) in [6, 6.07) is 0. The fourth-order valence-corrected chi connectivity index (χ4v) is 1.79. The lowest BCUT2D eigenvalue weighted by Gasteiger charge is -2.10. The molecular formula is C12H19N3O4. The van der Waals surface area contributed by atoms with Crippen molar-refractivity contribution < 1.29 is 9.90 Å². The average Bonchev–Trinajstić information content (AvgIpc) is 2.37. The number of nitrogens with one attached hydrogen (secondary N) is 2. The van der Waals surface area contributed by atoms with Crippen molar-refractivity contribution in [3.05, 3.63) is 26.4 Å². The highest BCUT2D eigenvalue weighted by atomic mass is 16.3. The van der Waals surface area contributed by atoms with Crippen LogP contribution in [0.3, 0.4) is 0 Å². The number of unbranched alkanes of at least 4 members (excludes halogenated alkanes) is 3. The number of aromatic nitrogens is 2. The maximum Gasteiger partial charge on any atom is 0.331 e. The summed E-state index contributed by atoms with van der Waals surface area (Å²) in [4.78, 5) is 36.6. The molecule has 1 amide bonds. The number of hydrogen-bond acceptors (Lipinski definition) is 4. The molecule has 0 aliphatic rings. The number of hydrogen-bond donors (Lipinski definition) is 3. The van der Waals surface area contributed by atoms with Crippen LogP contribution in [-0.2, 0) is 6.54 Å². The molecule has 0 aliphatic carbocycles. The predicted molar refractivity (Wildman–Crippen MR) is 70.5 cm³/mol. The van der Waals surface area contributed by atoms with E-state index in [2.05, 4.69) is 12.2 Å². The lowest BCUT2D eigenvalue weighted by Crippen LogP contribution is -2.36. The van der Waals surface area contributed by atoms with Gasteiger partial charge >= 0.3 is 5.69 Å². The van der Waals surface area contributed by atoms with Crippen LogP contribution in [0.15, 0.2) is 9.59 Å².